The van der Waals surface area contributed by atoms with Gasteiger partial charge in [-0.3, -0.25) is 14.4 Å². The van der Waals surface area contributed by atoms with Crippen molar-refractivity contribution in [1.82, 2.24) is 15.5 Å². The zero-order chi connectivity index (χ0) is 19.8. The summed E-state index contributed by atoms with van der Waals surface area (Å²) in [6.07, 6.45) is 0.608. The standard InChI is InChI=1S/C21H25N3O3/c1-22-19(25)11-12-24(3)21(27)18-6-4-5-17(14-18)16-9-7-15(8-10-16)13-20(26)23-2/h4-10,14H,11-13H2,1-3H3,(H,22,25)(H,23,26). The maximum Gasteiger partial charge on any atom is 0.253 e. The molecule has 0 aromatic heterocycles. The minimum absolute atomic E-state index is 0.0323. The van der Waals surface area contributed by atoms with Crippen molar-refractivity contribution in [3.63, 3.8) is 0 Å². The van der Waals surface area contributed by atoms with E-state index in [-0.39, 0.29) is 24.1 Å². The number of hydrogen-bond donors (Lipinski definition) is 2. The molecule has 0 aliphatic heterocycles. The van der Waals surface area contributed by atoms with Crippen molar-refractivity contribution in [2.24, 2.45) is 0 Å². The molecule has 0 unspecified atom stereocenters. The molecule has 0 saturated heterocycles. The van der Waals surface area contributed by atoms with Crippen LogP contribution in [0.3, 0.4) is 0 Å². The predicted molar refractivity (Wildman–Crippen MR) is 105 cm³/mol. The largest absolute Gasteiger partial charge is 0.359 e. The van der Waals surface area contributed by atoms with Crippen LogP contribution < -0.4 is 10.6 Å². The topological polar surface area (TPSA) is 78.5 Å². The molecular weight excluding hydrogens is 342 g/mol. The molecule has 2 rings (SSSR count). The molecule has 0 fully saturated rings. The summed E-state index contributed by atoms with van der Waals surface area (Å²) in [7, 11) is 4.88. The number of carbonyl (C=O) groups excluding carboxylic acids is 3. The lowest BCUT2D eigenvalue weighted by Crippen LogP contribution is -2.31. The smallest absolute Gasteiger partial charge is 0.253 e. The Hall–Kier alpha value is -3.15. The molecule has 0 radical (unpaired) electrons. The Bertz CT molecular complexity index is 816. The van der Waals surface area contributed by atoms with E-state index in [2.05, 4.69) is 10.6 Å². The first-order chi connectivity index (χ1) is 12.9. The van der Waals surface area contributed by atoms with Gasteiger partial charge in [-0.05, 0) is 28.8 Å². The summed E-state index contributed by atoms with van der Waals surface area (Å²) in [5, 5.41) is 5.15. The average Bonchev–Trinajstić information content (AvgIpc) is 2.71. The van der Waals surface area contributed by atoms with Crippen LogP contribution in [-0.4, -0.2) is 50.3 Å². The van der Waals surface area contributed by atoms with E-state index in [1.54, 1.807) is 32.1 Å². The molecule has 2 aromatic rings. The van der Waals surface area contributed by atoms with Gasteiger partial charge in [-0.2, -0.15) is 0 Å². The summed E-state index contributed by atoms with van der Waals surface area (Å²) >= 11 is 0. The quantitative estimate of drug-likeness (QED) is 0.784. The van der Waals surface area contributed by atoms with Gasteiger partial charge in [0, 0.05) is 39.7 Å². The fourth-order valence-electron chi connectivity index (χ4n) is 2.64. The third kappa shape index (κ3) is 5.67. The highest BCUT2D eigenvalue weighted by molar-refractivity contribution is 5.95. The summed E-state index contributed by atoms with van der Waals surface area (Å²) in [4.78, 5) is 36.9. The van der Waals surface area contributed by atoms with Crippen molar-refractivity contribution in [3.05, 3.63) is 59.7 Å². The SMILES string of the molecule is CNC(=O)CCN(C)C(=O)c1cccc(-c2ccc(CC(=O)NC)cc2)c1. The molecular formula is C21H25N3O3. The molecule has 0 spiro atoms. The zero-order valence-corrected chi connectivity index (χ0v) is 15.9. The second-order valence-electron chi connectivity index (χ2n) is 6.28. The van der Waals surface area contributed by atoms with Gasteiger partial charge in [0.25, 0.3) is 5.91 Å². The highest BCUT2D eigenvalue weighted by Crippen LogP contribution is 2.22. The van der Waals surface area contributed by atoms with Crippen LogP contribution >= 0.6 is 0 Å². The third-order valence-electron chi connectivity index (χ3n) is 4.34. The van der Waals surface area contributed by atoms with E-state index in [0.717, 1.165) is 16.7 Å². The number of amides is 3. The molecule has 0 heterocycles. The monoisotopic (exact) mass is 367 g/mol. The lowest BCUT2D eigenvalue weighted by atomic mass is 10.0. The number of hydrogen-bond acceptors (Lipinski definition) is 3. The fourth-order valence-corrected chi connectivity index (χ4v) is 2.64. The highest BCUT2D eigenvalue weighted by atomic mass is 16.2. The van der Waals surface area contributed by atoms with Crippen LogP contribution in [0, 0.1) is 0 Å². The zero-order valence-electron chi connectivity index (χ0n) is 15.9. The summed E-state index contributed by atoms with van der Waals surface area (Å²) in [5.41, 5.74) is 3.39. The van der Waals surface area contributed by atoms with E-state index >= 15 is 0 Å². The summed E-state index contributed by atoms with van der Waals surface area (Å²) in [6, 6.07) is 15.1. The summed E-state index contributed by atoms with van der Waals surface area (Å²) in [5.74, 6) is -0.257. The van der Waals surface area contributed by atoms with E-state index in [0.29, 0.717) is 18.5 Å². The number of likely N-dealkylation sites (N-methyl/N-ethyl adjacent to an activating group) is 1. The van der Waals surface area contributed by atoms with Gasteiger partial charge in [0.15, 0.2) is 0 Å². The summed E-state index contributed by atoms with van der Waals surface area (Å²) in [6.45, 7) is 0.358. The van der Waals surface area contributed by atoms with Crippen LogP contribution in [0.4, 0.5) is 0 Å². The average molecular weight is 367 g/mol. The van der Waals surface area contributed by atoms with Crippen molar-refractivity contribution >= 4 is 17.7 Å². The Morgan fingerprint density at radius 3 is 2.19 bits per heavy atom. The van der Waals surface area contributed by atoms with Crippen LogP contribution in [0.15, 0.2) is 48.5 Å². The summed E-state index contributed by atoms with van der Waals surface area (Å²) < 4.78 is 0. The van der Waals surface area contributed by atoms with Gasteiger partial charge >= 0.3 is 0 Å². The van der Waals surface area contributed by atoms with Crippen molar-refractivity contribution in [1.29, 1.82) is 0 Å². The first-order valence-corrected chi connectivity index (χ1v) is 8.80. The molecule has 0 atom stereocenters. The van der Waals surface area contributed by atoms with E-state index < -0.39 is 0 Å². The number of nitrogens with one attached hydrogen (secondary N) is 2. The molecule has 0 aliphatic carbocycles. The molecule has 3 amide bonds. The molecule has 2 N–H and O–H groups in total. The Morgan fingerprint density at radius 2 is 1.56 bits per heavy atom. The Morgan fingerprint density at radius 1 is 0.889 bits per heavy atom. The lowest BCUT2D eigenvalue weighted by Gasteiger charge is -2.17. The normalized spacial score (nSPS) is 10.2. The first-order valence-electron chi connectivity index (χ1n) is 8.80. The van der Waals surface area contributed by atoms with Crippen molar-refractivity contribution < 1.29 is 14.4 Å². The lowest BCUT2D eigenvalue weighted by molar-refractivity contribution is -0.121. The Labute approximate surface area is 159 Å². The second-order valence-corrected chi connectivity index (χ2v) is 6.28. The van der Waals surface area contributed by atoms with Crippen molar-refractivity contribution in [2.45, 2.75) is 12.8 Å². The van der Waals surface area contributed by atoms with Crippen LogP contribution in [0.25, 0.3) is 11.1 Å². The number of carbonyl (C=O) groups is 3. The highest BCUT2D eigenvalue weighted by Gasteiger charge is 2.13. The number of rotatable bonds is 7. The Balaban J connectivity index is 2.11. The number of benzene rings is 2. The predicted octanol–water partition coefficient (Wildman–Crippen LogP) is 1.85. The molecule has 6 heteroatoms. The molecule has 0 saturated carbocycles. The van der Waals surface area contributed by atoms with Crippen LogP contribution in [-0.2, 0) is 16.0 Å². The van der Waals surface area contributed by atoms with E-state index in [1.807, 2.05) is 42.5 Å². The first kappa shape index (κ1) is 20.2. The van der Waals surface area contributed by atoms with Crippen LogP contribution in [0.2, 0.25) is 0 Å². The second kappa shape index (κ2) is 9.52. The van der Waals surface area contributed by atoms with Gasteiger partial charge in [0.1, 0.15) is 0 Å². The van der Waals surface area contributed by atoms with E-state index in [1.165, 1.54) is 0 Å². The Kier molecular flexibility index (Phi) is 7.11. The maximum absolute atomic E-state index is 12.6. The molecule has 6 nitrogen and oxygen atoms in total. The minimum Gasteiger partial charge on any atom is -0.359 e. The molecule has 27 heavy (non-hydrogen) atoms. The van der Waals surface area contributed by atoms with Crippen LogP contribution in [0.1, 0.15) is 22.3 Å². The van der Waals surface area contributed by atoms with Gasteiger partial charge in [0.2, 0.25) is 11.8 Å². The van der Waals surface area contributed by atoms with Crippen molar-refractivity contribution in [3.8, 4) is 11.1 Å². The van der Waals surface area contributed by atoms with E-state index in [9.17, 15) is 14.4 Å². The van der Waals surface area contributed by atoms with Gasteiger partial charge in [-0.1, -0.05) is 36.4 Å². The van der Waals surface area contributed by atoms with Gasteiger partial charge in [-0.15, -0.1) is 0 Å². The maximum atomic E-state index is 12.6. The van der Waals surface area contributed by atoms with Crippen LogP contribution in [0.5, 0.6) is 0 Å². The molecule has 0 aliphatic rings. The molecule has 2 aromatic carbocycles. The van der Waals surface area contributed by atoms with Gasteiger partial charge < -0.3 is 15.5 Å². The number of nitrogens with zero attached hydrogens (tertiary/aromatic N) is 1. The van der Waals surface area contributed by atoms with Gasteiger partial charge in [0.05, 0.1) is 6.42 Å². The van der Waals surface area contributed by atoms with Crippen molar-refractivity contribution in [2.75, 3.05) is 27.7 Å². The fraction of sp³-hybridized carbons (Fsp3) is 0.286. The molecule has 0 bridgehead atoms. The van der Waals surface area contributed by atoms with Gasteiger partial charge in [-0.25, -0.2) is 0 Å². The minimum atomic E-state index is -0.128. The van der Waals surface area contributed by atoms with E-state index in [4.69, 9.17) is 0 Å². The molecule has 142 valence electrons. The third-order valence-corrected chi connectivity index (χ3v) is 4.34.